The monoisotopic (exact) mass is 349 g/mol. The molecule has 0 unspecified atom stereocenters. The molecule has 1 amide bonds. The molecule has 0 saturated heterocycles. The van der Waals surface area contributed by atoms with Gasteiger partial charge in [-0.3, -0.25) is 9.89 Å². The summed E-state index contributed by atoms with van der Waals surface area (Å²) in [5.74, 6) is 1.92. The molecule has 2 saturated carbocycles. The lowest BCUT2D eigenvalue weighted by Crippen LogP contribution is -2.38. The molecule has 2 aromatic heterocycles. The van der Waals surface area contributed by atoms with Crippen molar-refractivity contribution in [2.75, 3.05) is 0 Å². The van der Waals surface area contributed by atoms with Crippen LogP contribution in [-0.2, 0) is 0 Å². The van der Waals surface area contributed by atoms with Gasteiger partial charge in [0.1, 0.15) is 11.5 Å². The number of para-hydroxylation sites is 2. The summed E-state index contributed by atoms with van der Waals surface area (Å²) < 4.78 is 0. The van der Waals surface area contributed by atoms with Crippen molar-refractivity contribution in [1.82, 2.24) is 25.5 Å². The van der Waals surface area contributed by atoms with E-state index in [0.717, 1.165) is 48.2 Å². The maximum atomic E-state index is 12.5. The first-order chi connectivity index (χ1) is 12.8. The molecular weight excluding hydrogens is 326 g/mol. The van der Waals surface area contributed by atoms with Gasteiger partial charge in [-0.05, 0) is 50.3 Å². The lowest BCUT2D eigenvalue weighted by atomic mass is 9.85. The SMILES string of the molecule is O=C(N[C@H]1CCC[C@H](c2nc3ccccc3[nH]2)C1)c1cc(C2CC2)n[nH]1. The first kappa shape index (κ1) is 15.6. The van der Waals surface area contributed by atoms with E-state index in [4.69, 9.17) is 4.98 Å². The van der Waals surface area contributed by atoms with Crippen molar-refractivity contribution in [2.45, 2.75) is 56.4 Å². The van der Waals surface area contributed by atoms with Crippen molar-refractivity contribution < 1.29 is 4.79 Å². The first-order valence-electron chi connectivity index (χ1n) is 9.57. The molecule has 2 fully saturated rings. The zero-order chi connectivity index (χ0) is 17.5. The largest absolute Gasteiger partial charge is 0.348 e. The van der Waals surface area contributed by atoms with E-state index < -0.39 is 0 Å². The molecule has 0 bridgehead atoms. The van der Waals surface area contributed by atoms with E-state index in [0.29, 0.717) is 17.5 Å². The molecule has 3 N–H and O–H groups in total. The fourth-order valence-corrected chi connectivity index (χ4v) is 4.04. The fourth-order valence-electron chi connectivity index (χ4n) is 4.04. The maximum Gasteiger partial charge on any atom is 0.269 e. The van der Waals surface area contributed by atoms with E-state index in [1.54, 1.807) is 0 Å². The third kappa shape index (κ3) is 3.00. The highest BCUT2D eigenvalue weighted by Gasteiger charge is 2.29. The third-order valence-corrected chi connectivity index (χ3v) is 5.64. The van der Waals surface area contributed by atoms with Gasteiger partial charge in [0.2, 0.25) is 0 Å². The highest BCUT2D eigenvalue weighted by atomic mass is 16.2. The van der Waals surface area contributed by atoms with Crippen LogP contribution in [0.2, 0.25) is 0 Å². The molecule has 0 radical (unpaired) electrons. The summed E-state index contributed by atoms with van der Waals surface area (Å²) >= 11 is 0. The number of rotatable bonds is 4. The van der Waals surface area contributed by atoms with Crippen LogP contribution < -0.4 is 5.32 Å². The van der Waals surface area contributed by atoms with Crippen LogP contribution in [0.4, 0.5) is 0 Å². The average molecular weight is 349 g/mol. The van der Waals surface area contributed by atoms with Gasteiger partial charge in [0.05, 0.1) is 16.7 Å². The van der Waals surface area contributed by atoms with Gasteiger partial charge in [0, 0.05) is 17.9 Å². The Balaban J connectivity index is 1.26. The van der Waals surface area contributed by atoms with Crippen molar-refractivity contribution in [1.29, 1.82) is 0 Å². The van der Waals surface area contributed by atoms with E-state index in [-0.39, 0.29) is 11.9 Å². The van der Waals surface area contributed by atoms with Crippen LogP contribution >= 0.6 is 0 Å². The molecule has 5 rings (SSSR count). The molecule has 0 aliphatic heterocycles. The van der Waals surface area contributed by atoms with E-state index in [2.05, 4.69) is 26.6 Å². The second-order valence-electron chi connectivity index (χ2n) is 7.65. The van der Waals surface area contributed by atoms with Gasteiger partial charge in [-0.1, -0.05) is 18.6 Å². The van der Waals surface area contributed by atoms with Crippen LogP contribution in [0.3, 0.4) is 0 Å². The lowest BCUT2D eigenvalue weighted by Gasteiger charge is -2.28. The summed E-state index contributed by atoms with van der Waals surface area (Å²) in [6, 6.07) is 10.2. The second kappa shape index (κ2) is 6.27. The third-order valence-electron chi connectivity index (χ3n) is 5.64. The Morgan fingerprint density at radius 3 is 2.85 bits per heavy atom. The lowest BCUT2D eigenvalue weighted by molar-refractivity contribution is 0.0919. The Hall–Kier alpha value is -2.63. The van der Waals surface area contributed by atoms with Crippen LogP contribution in [0.25, 0.3) is 11.0 Å². The van der Waals surface area contributed by atoms with Crippen molar-refractivity contribution in [3.8, 4) is 0 Å². The number of nitrogens with one attached hydrogen (secondary N) is 3. The number of fused-ring (bicyclic) bond motifs is 1. The molecule has 6 nitrogen and oxygen atoms in total. The minimum absolute atomic E-state index is 0.0420. The zero-order valence-electron chi connectivity index (χ0n) is 14.7. The molecular formula is C20H23N5O. The van der Waals surface area contributed by atoms with Gasteiger partial charge in [-0.15, -0.1) is 0 Å². The highest BCUT2D eigenvalue weighted by Crippen LogP contribution is 2.39. The summed E-state index contributed by atoms with van der Waals surface area (Å²) in [5.41, 5.74) is 3.70. The highest BCUT2D eigenvalue weighted by molar-refractivity contribution is 5.92. The summed E-state index contributed by atoms with van der Waals surface area (Å²) in [5, 5.41) is 10.4. The van der Waals surface area contributed by atoms with Crippen LogP contribution in [0.5, 0.6) is 0 Å². The molecule has 26 heavy (non-hydrogen) atoms. The molecule has 2 atom stereocenters. The van der Waals surface area contributed by atoms with E-state index in [1.807, 2.05) is 24.3 Å². The fraction of sp³-hybridized carbons (Fsp3) is 0.450. The van der Waals surface area contributed by atoms with E-state index in [1.165, 1.54) is 12.8 Å². The van der Waals surface area contributed by atoms with Gasteiger partial charge in [-0.2, -0.15) is 5.10 Å². The molecule has 1 aromatic carbocycles. The predicted molar refractivity (Wildman–Crippen MR) is 99.1 cm³/mol. The number of hydrogen-bond acceptors (Lipinski definition) is 3. The summed E-state index contributed by atoms with van der Waals surface area (Å²) in [7, 11) is 0. The van der Waals surface area contributed by atoms with Gasteiger partial charge in [-0.25, -0.2) is 4.98 Å². The number of hydrogen-bond donors (Lipinski definition) is 3. The normalized spacial score (nSPS) is 23.2. The number of aromatic nitrogens is 4. The number of nitrogens with zero attached hydrogens (tertiary/aromatic N) is 2. The van der Waals surface area contributed by atoms with Crippen molar-refractivity contribution >= 4 is 16.9 Å². The minimum Gasteiger partial charge on any atom is -0.348 e. The van der Waals surface area contributed by atoms with E-state index in [9.17, 15) is 4.79 Å². The maximum absolute atomic E-state index is 12.5. The van der Waals surface area contributed by atoms with Crippen molar-refractivity contribution in [3.63, 3.8) is 0 Å². The topological polar surface area (TPSA) is 86.5 Å². The van der Waals surface area contributed by atoms with E-state index >= 15 is 0 Å². The molecule has 2 aliphatic carbocycles. The molecule has 3 aromatic rings. The summed E-state index contributed by atoms with van der Waals surface area (Å²) in [6.07, 6.45) is 6.54. The number of aromatic amines is 2. The van der Waals surface area contributed by atoms with Gasteiger partial charge in [0.25, 0.3) is 5.91 Å². The minimum atomic E-state index is -0.0420. The first-order valence-corrected chi connectivity index (χ1v) is 9.57. The number of benzene rings is 1. The number of imidazole rings is 1. The Kier molecular flexibility index (Phi) is 3.76. The van der Waals surface area contributed by atoms with Gasteiger partial charge >= 0.3 is 0 Å². The van der Waals surface area contributed by atoms with Crippen LogP contribution in [0, 0.1) is 0 Å². The van der Waals surface area contributed by atoms with Crippen molar-refractivity contribution in [2.24, 2.45) is 0 Å². The average Bonchev–Trinajstić information content (AvgIpc) is 3.22. The Bertz CT molecular complexity index is 905. The Morgan fingerprint density at radius 2 is 2.00 bits per heavy atom. The molecule has 2 aliphatic rings. The smallest absolute Gasteiger partial charge is 0.269 e. The summed E-state index contributed by atoms with van der Waals surface area (Å²) in [4.78, 5) is 20.8. The van der Waals surface area contributed by atoms with Crippen LogP contribution in [0.1, 0.15) is 72.4 Å². The standard InChI is InChI=1S/C20H23N5O/c26-20(18-11-17(24-25-18)12-8-9-12)21-14-5-3-4-13(10-14)19-22-15-6-1-2-7-16(15)23-19/h1-2,6-7,11-14H,3-5,8-10H2,(H,21,26)(H,22,23)(H,24,25)/t13-,14-/m0/s1. The molecule has 6 heteroatoms. The number of amides is 1. The van der Waals surface area contributed by atoms with Gasteiger partial charge in [0.15, 0.2) is 0 Å². The summed E-state index contributed by atoms with van der Waals surface area (Å²) in [6.45, 7) is 0. The molecule has 134 valence electrons. The van der Waals surface area contributed by atoms with Crippen LogP contribution in [0.15, 0.2) is 30.3 Å². The molecule has 0 spiro atoms. The van der Waals surface area contributed by atoms with Crippen LogP contribution in [-0.4, -0.2) is 32.1 Å². The zero-order valence-corrected chi connectivity index (χ0v) is 14.7. The molecule has 2 heterocycles. The predicted octanol–water partition coefficient (Wildman–Crippen LogP) is 3.62. The van der Waals surface area contributed by atoms with Crippen molar-refractivity contribution in [3.05, 3.63) is 47.5 Å². The Morgan fingerprint density at radius 1 is 1.12 bits per heavy atom. The second-order valence-corrected chi connectivity index (χ2v) is 7.65. The number of carbonyl (C=O) groups is 1. The number of carbonyl (C=O) groups excluding carboxylic acids is 1. The quantitative estimate of drug-likeness (QED) is 0.672. The Labute approximate surface area is 151 Å². The van der Waals surface area contributed by atoms with Gasteiger partial charge < -0.3 is 10.3 Å². The number of H-pyrrole nitrogens is 2.